The zero-order chi connectivity index (χ0) is 18.2. The van der Waals surface area contributed by atoms with Crippen molar-refractivity contribution >= 4 is 23.2 Å². The van der Waals surface area contributed by atoms with Crippen LogP contribution >= 0.6 is 11.6 Å². The summed E-state index contributed by atoms with van der Waals surface area (Å²) in [5, 5.41) is 16.4. The minimum absolute atomic E-state index is 0.205. The van der Waals surface area contributed by atoms with Gasteiger partial charge in [-0.2, -0.15) is 0 Å². The monoisotopic (exact) mass is 362 g/mol. The molecule has 3 N–H and O–H groups in total. The summed E-state index contributed by atoms with van der Waals surface area (Å²) in [6.07, 6.45) is -0.577. The molecule has 0 aromatic heterocycles. The summed E-state index contributed by atoms with van der Waals surface area (Å²) >= 11 is 5.81. The summed E-state index contributed by atoms with van der Waals surface area (Å²) in [6, 6.07) is 14.0. The molecule has 0 bridgehead atoms. The number of anilines is 1. The van der Waals surface area contributed by atoms with E-state index < -0.39 is 6.10 Å². The average molecular weight is 363 g/mol. The third kappa shape index (κ3) is 6.74. The number of carbonyl (C=O) groups excluding carboxylic acids is 1. The van der Waals surface area contributed by atoms with Gasteiger partial charge >= 0.3 is 0 Å². The highest BCUT2D eigenvalue weighted by atomic mass is 35.5. The first kappa shape index (κ1) is 19.2. The number of ether oxygens (including phenoxy) is 1. The molecule has 2 rings (SSSR count). The largest absolute Gasteiger partial charge is 0.491 e. The summed E-state index contributed by atoms with van der Waals surface area (Å²) in [7, 11) is 0. The van der Waals surface area contributed by atoms with Gasteiger partial charge in [-0.05, 0) is 48.5 Å². The normalized spacial score (nSPS) is 12.0. The van der Waals surface area contributed by atoms with Gasteiger partial charge in [-0.1, -0.05) is 25.4 Å². The Balaban J connectivity index is 1.83. The highest BCUT2D eigenvalue weighted by molar-refractivity contribution is 6.30. The van der Waals surface area contributed by atoms with Crippen LogP contribution in [0.25, 0.3) is 0 Å². The van der Waals surface area contributed by atoms with Crippen molar-refractivity contribution in [2.45, 2.75) is 26.0 Å². The highest BCUT2D eigenvalue weighted by Gasteiger charge is 2.08. The Labute approximate surface area is 153 Å². The maximum atomic E-state index is 12.1. The van der Waals surface area contributed by atoms with E-state index in [4.69, 9.17) is 16.3 Å². The first-order chi connectivity index (χ1) is 11.9. The number of amides is 1. The molecule has 0 aliphatic heterocycles. The fourth-order valence-electron chi connectivity index (χ4n) is 2.06. The molecule has 2 aromatic rings. The molecule has 5 nitrogen and oxygen atoms in total. The van der Waals surface area contributed by atoms with E-state index in [0.717, 1.165) is 0 Å². The predicted octanol–water partition coefficient (Wildman–Crippen LogP) is 3.33. The fraction of sp³-hybridized carbons (Fsp3) is 0.316. The molecule has 0 aliphatic rings. The van der Waals surface area contributed by atoms with E-state index >= 15 is 0 Å². The Bertz CT molecular complexity index is 672. The molecule has 1 amide bonds. The zero-order valence-corrected chi connectivity index (χ0v) is 15.1. The van der Waals surface area contributed by atoms with Crippen molar-refractivity contribution in [2.24, 2.45) is 0 Å². The number of benzene rings is 2. The predicted molar refractivity (Wildman–Crippen MR) is 100 cm³/mol. The van der Waals surface area contributed by atoms with Crippen molar-refractivity contribution in [3.05, 3.63) is 59.1 Å². The molecule has 0 unspecified atom stereocenters. The Morgan fingerprint density at radius 1 is 1.12 bits per heavy atom. The third-order valence-corrected chi connectivity index (χ3v) is 3.67. The Morgan fingerprint density at radius 3 is 2.36 bits per heavy atom. The molecule has 0 radical (unpaired) electrons. The molecule has 6 heteroatoms. The molecule has 0 heterocycles. The molecule has 0 aliphatic carbocycles. The van der Waals surface area contributed by atoms with Crippen molar-refractivity contribution in [2.75, 3.05) is 18.5 Å². The standard InChI is InChI=1S/C19H23ClN2O3/c1-13(2)21-11-17(23)12-25-18-9-7-16(8-10-18)22-19(24)14-3-5-15(20)6-4-14/h3-10,13,17,21,23H,11-12H2,1-2H3,(H,22,24)/t17-/m1/s1. The van der Waals surface area contributed by atoms with Crippen LogP contribution in [0.2, 0.25) is 5.02 Å². The molecular weight excluding hydrogens is 340 g/mol. The molecule has 0 fully saturated rings. The SMILES string of the molecule is CC(C)NC[C@@H](O)COc1ccc(NC(=O)c2ccc(Cl)cc2)cc1. The zero-order valence-electron chi connectivity index (χ0n) is 14.3. The van der Waals surface area contributed by atoms with Crippen molar-refractivity contribution < 1.29 is 14.6 Å². The molecule has 25 heavy (non-hydrogen) atoms. The Kier molecular flexibility index (Phi) is 7.25. The number of aliphatic hydroxyl groups is 1. The number of carbonyl (C=O) groups is 1. The van der Waals surface area contributed by atoms with Gasteiger partial charge in [0.25, 0.3) is 5.91 Å². The minimum Gasteiger partial charge on any atom is -0.491 e. The summed E-state index contributed by atoms with van der Waals surface area (Å²) in [4.78, 5) is 12.1. The Morgan fingerprint density at radius 2 is 1.76 bits per heavy atom. The van der Waals surface area contributed by atoms with E-state index in [1.807, 2.05) is 13.8 Å². The minimum atomic E-state index is -0.577. The first-order valence-corrected chi connectivity index (χ1v) is 8.53. The number of aliphatic hydroxyl groups excluding tert-OH is 1. The number of halogens is 1. The quantitative estimate of drug-likeness (QED) is 0.673. The second-order valence-corrected chi connectivity index (χ2v) is 6.45. The van der Waals surface area contributed by atoms with Crippen LogP contribution in [0.1, 0.15) is 24.2 Å². The first-order valence-electron chi connectivity index (χ1n) is 8.15. The number of rotatable bonds is 8. The van der Waals surface area contributed by atoms with Crippen LogP contribution in [-0.2, 0) is 0 Å². The van der Waals surface area contributed by atoms with Crippen LogP contribution in [0.4, 0.5) is 5.69 Å². The lowest BCUT2D eigenvalue weighted by Crippen LogP contribution is -2.35. The Hall–Kier alpha value is -2.08. The number of nitrogens with one attached hydrogen (secondary N) is 2. The van der Waals surface area contributed by atoms with Crippen molar-refractivity contribution in [3.8, 4) is 5.75 Å². The van der Waals surface area contributed by atoms with Gasteiger partial charge in [0.1, 0.15) is 18.5 Å². The second-order valence-electron chi connectivity index (χ2n) is 6.01. The van der Waals surface area contributed by atoms with Gasteiger partial charge < -0.3 is 20.5 Å². The van der Waals surface area contributed by atoms with Gasteiger partial charge in [-0.25, -0.2) is 0 Å². The van der Waals surface area contributed by atoms with Gasteiger partial charge in [0.2, 0.25) is 0 Å². The lowest BCUT2D eigenvalue weighted by Gasteiger charge is -2.15. The maximum absolute atomic E-state index is 12.1. The smallest absolute Gasteiger partial charge is 0.255 e. The van der Waals surface area contributed by atoms with Crippen LogP contribution in [0.5, 0.6) is 5.75 Å². The molecule has 0 saturated heterocycles. The van der Waals surface area contributed by atoms with Crippen LogP contribution < -0.4 is 15.4 Å². The maximum Gasteiger partial charge on any atom is 0.255 e. The van der Waals surface area contributed by atoms with Gasteiger partial charge in [-0.15, -0.1) is 0 Å². The molecular formula is C19H23ClN2O3. The summed E-state index contributed by atoms with van der Waals surface area (Å²) in [5.41, 5.74) is 1.19. The van der Waals surface area contributed by atoms with Crippen molar-refractivity contribution in [3.63, 3.8) is 0 Å². The number of hydrogen-bond acceptors (Lipinski definition) is 4. The topological polar surface area (TPSA) is 70.6 Å². The second kappa shape index (κ2) is 9.42. The molecule has 134 valence electrons. The third-order valence-electron chi connectivity index (χ3n) is 3.42. The van der Waals surface area contributed by atoms with Crippen LogP contribution in [0.15, 0.2) is 48.5 Å². The molecule has 1 atom stereocenters. The van der Waals surface area contributed by atoms with E-state index in [1.54, 1.807) is 48.5 Å². The van der Waals surface area contributed by atoms with Crippen LogP contribution in [-0.4, -0.2) is 36.3 Å². The summed E-state index contributed by atoms with van der Waals surface area (Å²) in [6.45, 7) is 4.72. The van der Waals surface area contributed by atoms with E-state index in [-0.39, 0.29) is 12.5 Å². The molecule has 0 saturated carbocycles. The summed E-state index contributed by atoms with van der Waals surface area (Å²) in [5.74, 6) is 0.425. The van der Waals surface area contributed by atoms with Gasteiger partial charge in [-0.3, -0.25) is 4.79 Å². The summed E-state index contributed by atoms with van der Waals surface area (Å²) < 4.78 is 5.54. The highest BCUT2D eigenvalue weighted by Crippen LogP contribution is 2.17. The molecule has 0 spiro atoms. The average Bonchev–Trinajstić information content (AvgIpc) is 2.60. The van der Waals surface area contributed by atoms with Gasteiger partial charge in [0, 0.05) is 28.9 Å². The van der Waals surface area contributed by atoms with E-state index in [2.05, 4.69) is 10.6 Å². The van der Waals surface area contributed by atoms with Crippen molar-refractivity contribution in [1.29, 1.82) is 0 Å². The van der Waals surface area contributed by atoms with Crippen LogP contribution in [0.3, 0.4) is 0 Å². The van der Waals surface area contributed by atoms with E-state index in [9.17, 15) is 9.90 Å². The van der Waals surface area contributed by atoms with E-state index in [1.165, 1.54) is 0 Å². The van der Waals surface area contributed by atoms with E-state index in [0.29, 0.717) is 34.6 Å². The fourth-order valence-corrected chi connectivity index (χ4v) is 2.19. The lowest BCUT2D eigenvalue weighted by atomic mass is 10.2. The van der Waals surface area contributed by atoms with Crippen molar-refractivity contribution in [1.82, 2.24) is 5.32 Å². The number of hydrogen-bond donors (Lipinski definition) is 3. The van der Waals surface area contributed by atoms with Crippen LogP contribution in [0, 0.1) is 0 Å². The molecule has 2 aromatic carbocycles. The van der Waals surface area contributed by atoms with Gasteiger partial charge in [0.15, 0.2) is 0 Å². The lowest BCUT2D eigenvalue weighted by molar-refractivity contribution is 0.102. The van der Waals surface area contributed by atoms with Gasteiger partial charge in [0.05, 0.1) is 0 Å².